The van der Waals surface area contributed by atoms with Crippen molar-refractivity contribution in [2.45, 2.75) is 20.4 Å². The predicted octanol–water partition coefficient (Wildman–Crippen LogP) is 1.74. The number of benzene rings is 1. The van der Waals surface area contributed by atoms with Crippen LogP contribution < -0.4 is 11.1 Å². The molecule has 0 heterocycles. The summed E-state index contributed by atoms with van der Waals surface area (Å²) in [6.07, 6.45) is 0. The van der Waals surface area contributed by atoms with Crippen LogP contribution in [0.2, 0.25) is 0 Å². The van der Waals surface area contributed by atoms with Gasteiger partial charge in [-0.25, -0.2) is 0 Å². The maximum Gasteiger partial charge on any atom is 0.226 e. The van der Waals surface area contributed by atoms with E-state index in [4.69, 9.17) is 5.73 Å². The van der Waals surface area contributed by atoms with Crippen LogP contribution in [0.1, 0.15) is 19.4 Å². The zero-order valence-electron chi connectivity index (χ0n) is 8.58. The first-order chi connectivity index (χ1) is 6.65. The number of nitrogens with one attached hydrogen (secondary N) is 1. The molecular formula is C11H16N2O. The summed E-state index contributed by atoms with van der Waals surface area (Å²) in [4.78, 5) is 11.4. The lowest BCUT2D eigenvalue weighted by Crippen LogP contribution is -2.19. The van der Waals surface area contributed by atoms with Gasteiger partial charge >= 0.3 is 0 Å². The third-order valence-corrected chi connectivity index (χ3v) is 2.02. The fraction of sp³-hybridized carbons (Fsp3) is 0.364. The van der Waals surface area contributed by atoms with E-state index < -0.39 is 0 Å². The van der Waals surface area contributed by atoms with Crippen LogP contribution in [0.3, 0.4) is 0 Å². The highest BCUT2D eigenvalue weighted by molar-refractivity contribution is 5.92. The van der Waals surface area contributed by atoms with Gasteiger partial charge in [-0.2, -0.15) is 0 Å². The van der Waals surface area contributed by atoms with Crippen LogP contribution in [0.4, 0.5) is 5.69 Å². The first kappa shape index (κ1) is 10.7. The molecule has 0 fully saturated rings. The van der Waals surface area contributed by atoms with E-state index in [1.54, 1.807) is 0 Å². The third-order valence-electron chi connectivity index (χ3n) is 2.02. The molecule has 14 heavy (non-hydrogen) atoms. The Morgan fingerprint density at radius 2 is 2.07 bits per heavy atom. The van der Waals surface area contributed by atoms with Crippen molar-refractivity contribution in [3.05, 3.63) is 29.8 Å². The first-order valence-electron chi connectivity index (χ1n) is 4.74. The lowest BCUT2D eigenvalue weighted by Gasteiger charge is -2.10. The number of carbonyl (C=O) groups is 1. The van der Waals surface area contributed by atoms with E-state index in [-0.39, 0.29) is 11.8 Å². The molecule has 0 atom stereocenters. The van der Waals surface area contributed by atoms with Gasteiger partial charge in [0.1, 0.15) is 0 Å². The SMILES string of the molecule is CC(C)C(=O)Nc1ccccc1CN. The Labute approximate surface area is 84.3 Å². The van der Waals surface area contributed by atoms with Gasteiger partial charge < -0.3 is 11.1 Å². The fourth-order valence-electron chi connectivity index (χ4n) is 1.10. The summed E-state index contributed by atoms with van der Waals surface area (Å²) in [5.74, 6) is 0.00623. The second-order valence-electron chi connectivity index (χ2n) is 3.51. The summed E-state index contributed by atoms with van der Waals surface area (Å²) in [7, 11) is 0. The summed E-state index contributed by atoms with van der Waals surface area (Å²) in [6, 6.07) is 7.57. The molecule has 0 aromatic heterocycles. The van der Waals surface area contributed by atoms with Gasteiger partial charge in [-0.3, -0.25) is 4.79 Å². The van der Waals surface area contributed by atoms with E-state index in [2.05, 4.69) is 5.32 Å². The monoisotopic (exact) mass is 192 g/mol. The molecule has 0 spiro atoms. The van der Waals surface area contributed by atoms with Gasteiger partial charge in [0.2, 0.25) is 5.91 Å². The van der Waals surface area contributed by atoms with Gasteiger partial charge in [0, 0.05) is 18.2 Å². The lowest BCUT2D eigenvalue weighted by atomic mass is 10.1. The molecule has 0 bridgehead atoms. The van der Waals surface area contributed by atoms with Crippen LogP contribution in [-0.4, -0.2) is 5.91 Å². The van der Waals surface area contributed by atoms with Crippen molar-refractivity contribution in [3.8, 4) is 0 Å². The molecule has 3 N–H and O–H groups in total. The molecule has 0 aliphatic heterocycles. The Kier molecular flexibility index (Phi) is 3.65. The van der Waals surface area contributed by atoms with E-state index in [9.17, 15) is 4.79 Å². The van der Waals surface area contributed by atoms with Crippen LogP contribution in [0.15, 0.2) is 24.3 Å². The average Bonchev–Trinajstić information content (AvgIpc) is 2.18. The molecule has 0 saturated heterocycles. The molecule has 3 heteroatoms. The van der Waals surface area contributed by atoms with E-state index >= 15 is 0 Å². The second kappa shape index (κ2) is 4.77. The number of amides is 1. The number of para-hydroxylation sites is 1. The Balaban J connectivity index is 2.80. The van der Waals surface area contributed by atoms with Gasteiger partial charge in [0.15, 0.2) is 0 Å². The Morgan fingerprint density at radius 3 is 2.64 bits per heavy atom. The topological polar surface area (TPSA) is 55.1 Å². The summed E-state index contributed by atoms with van der Waals surface area (Å²) in [5, 5.41) is 2.84. The molecule has 76 valence electrons. The largest absolute Gasteiger partial charge is 0.326 e. The van der Waals surface area contributed by atoms with Crippen LogP contribution in [0.25, 0.3) is 0 Å². The first-order valence-corrected chi connectivity index (χ1v) is 4.74. The highest BCUT2D eigenvalue weighted by Crippen LogP contribution is 2.14. The fourth-order valence-corrected chi connectivity index (χ4v) is 1.10. The standard InChI is InChI=1S/C11H16N2O/c1-8(2)11(14)13-10-6-4-3-5-9(10)7-12/h3-6,8H,7,12H2,1-2H3,(H,13,14). The summed E-state index contributed by atoms with van der Waals surface area (Å²) >= 11 is 0. The maximum atomic E-state index is 11.4. The Morgan fingerprint density at radius 1 is 1.43 bits per heavy atom. The number of hydrogen-bond acceptors (Lipinski definition) is 2. The van der Waals surface area contributed by atoms with Crippen molar-refractivity contribution >= 4 is 11.6 Å². The molecule has 1 rings (SSSR count). The van der Waals surface area contributed by atoms with E-state index in [1.807, 2.05) is 38.1 Å². The number of carbonyl (C=O) groups excluding carboxylic acids is 1. The second-order valence-corrected chi connectivity index (χ2v) is 3.51. The van der Waals surface area contributed by atoms with E-state index in [0.29, 0.717) is 6.54 Å². The van der Waals surface area contributed by atoms with Crippen LogP contribution >= 0.6 is 0 Å². The minimum Gasteiger partial charge on any atom is -0.326 e. The predicted molar refractivity (Wildman–Crippen MR) is 57.8 cm³/mol. The normalized spacial score (nSPS) is 10.3. The van der Waals surface area contributed by atoms with Gasteiger partial charge in [0.25, 0.3) is 0 Å². The molecule has 1 aromatic carbocycles. The lowest BCUT2D eigenvalue weighted by molar-refractivity contribution is -0.118. The summed E-state index contributed by atoms with van der Waals surface area (Å²) < 4.78 is 0. The van der Waals surface area contributed by atoms with E-state index in [1.165, 1.54) is 0 Å². The molecule has 0 aliphatic rings. The zero-order chi connectivity index (χ0) is 10.6. The van der Waals surface area contributed by atoms with Crippen molar-refractivity contribution in [2.75, 3.05) is 5.32 Å². The maximum absolute atomic E-state index is 11.4. The minimum atomic E-state index is -0.0131. The molecule has 0 saturated carbocycles. The molecule has 0 aliphatic carbocycles. The summed E-state index contributed by atoms with van der Waals surface area (Å²) in [5.41, 5.74) is 7.32. The van der Waals surface area contributed by atoms with Crippen LogP contribution in [0.5, 0.6) is 0 Å². The smallest absolute Gasteiger partial charge is 0.226 e. The average molecular weight is 192 g/mol. The Hall–Kier alpha value is -1.35. The highest BCUT2D eigenvalue weighted by Gasteiger charge is 2.08. The van der Waals surface area contributed by atoms with Gasteiger partial charge in [-0.05, 0) is 11.6 Å². The van der Waals surface area contributed by atoms with Crippen molar-refractivity contribution in [1.82, 2.24) is 0 Å². The number of anilines is 1. The highest BCUT2D eigenvalue weighted by atomic mass is 16.1. The number of hydrogen-bond donors (Lipinski definition) is 2. The molecule has 1 aromatic rings. The Bertz CT molecular complexity index is 321. The zero-order valence-corrected chi connectivity index (χ0v) is 8.58. The van der Waals surface area contributed by atoms with E-state index in [0.717, 1.165) is 11.3 Å². The van der Waals surface area contributed by atoms with Crippen LogP contribution in [0, 0.1) is 5.92 Å². The minimum absolute atomic E-state index is 0.0131. The van der Waals surface area contributed by atoms with Crippen molar-refractivity contribution in [3.63, 3.8) is 0 Å². The van der Waals surface area contributed by atoms with Gasteiger partial charge in [-0.1, -0.05) is 32.0 Å². The number of rotatable bonds is 3. The molecular weight excluding hydrogens is 176 g/mol. The van der Waals surface area contributed by atoms with Gasteiger partial charge in [0.05, 0.1) is 0 Å². The van der Waals surface area contributed by atoms with Gasteiger partial charge in [-0.15, -0.1) is 0 Å². The third kappa shape index (κ3) is 2.57. The van der Waals surface area contributed by atoms with Crippen molar-refractivity contribution in [2.24, 2.45) is 11.7 Å². The van der Waals surface area contributed by atoms with Crippen molar-refractivity contribution in [1.29, 1.82) is 0 Å². The summed E-state index contributed by atoms with van der Waals surface area (Å²) in [6.45, 7) is 4.16. The van der Waals surface area contributed by atoms with Crippen molar-refractivity contribution < 1.29 is 4.79 Å². The molecule has 0 unspecified atom stereocenters. The van der Waals surface area contributed by atoms with Crippen LogP contribution in [-0.2, 0) is 11.3 Å². The molecule has 1 amide bonds. The number of nitrogens with two attached hydrogens (primary N) is 1. The quantitative estimate of drug-likeness (QED) is 0.766. The molecule has 3 nitrogen and oxygen atoms in total. The molecule has 0 radical (unpaired) electrons.